The molecule has 3 rings (SSSR count). The van der Waals surface area contributed by atoms with E-state index in [1.807, 2.05) is 30.5 Å². The summed E-state index contributed by atoms with van der Waals surface area (Å²) < 4.78 is 16.4. The van der Waals surface area contributed by atoms with Crippen molar-refractivity contribution in [1.29, 1.82) is 0 Å². The quantitative estimate of drug-likeness (QED) is 0.779. The summed E-state index contributed by atoms with van der Waals surface area (Å²) in [5, 5.41) is 0. The number of nitrogens with zero attached hydrogens (tertiary/aromatic N) is 1. The second kappa shape index (κ2) is 7.91. The van der Waals surface area contributed by atoms with Gasteiger partial charge in [0.05, 0.1) is 21.3 Å². The largest absolute Gasteiger partial charge is 0.493 e. The summed E-state index contributed by atoms with van der Waals surface area (Å²) >= 11 is 0. The van der Waals surface area contributed by atoms with Gasteiger partial charge in [-0.1, -0.05) is 42.0 Å². The van der Waals surface area contributed by atoms with Crippen LogP contribution in [0.2, 0.25) is 0 Å². The van der Waals surface area contributed by atoms with E-state index in [1.54, 1.807) is 21.3 Å². The molecule has 0 aliphatic carbocycles. The van der Waals surface area contributed by atoms with Crippen molar-refractivity contribution in [2.45, 2.75) is 13.0 Å². The van der Waals surface area contributed by atoms with Crippen LogP contribution in [-0.2, 0) is 0 Å². The summed E-state index contributed by atoms with van der Waals surface area (Å²) in [7, 11) is 4.84. The van der Waals surface area contributed by atoms with Gasteiger partial charge in [-0.3, -0.25) is 4.99 Å². The van der Waals surface area contributed by atoms with E-state index in [2.05, 4.69) is 37.3 Å². The molecule has 4 heteroatoms. The predicted molar refractivity (Wildman–Crippen MR) is 106 cm³/mol. The van der Waals surface area contributed by atoms with Crippen molar-refractivity contribution in [2.24, 2.45) is 4.99 Å². The third-order valence-corrected chi connectivity index (χ3v) is 4.39. The fourth-order valence-electron chi connectivity index (χ4n) is 3.04. The number of methoxy groups -OCH3 is 3. The smallest absolute Gasteiger partial charge is 0.203 e. The zero-order valence-electron chi connectivity index (χ0n) is 15.5. The highest BCUT2D eigenvalue weighted by molar-refractivity contribution is 5.81. The third-order valence-electron chi connectivity index (χ3n) is 4.39. The van der Waals surface area contributed by atoms with Crippen molar-refractivity contribution < 1.29 is 14.2 Å². The number of aryl methyl sites for hydroxylation is 1. The first-order valence-electron chi connectivity index (χ1n) is 8.45. The normalized spacial score (nSPS) is 16.0. The van der Waals surface area contributed by atoms with Crippen molar-refractivity contribution in [3.05, 3.63) is 71.3 Å². The maximum Gasteiger partial charge on any atom is 0.203 e. The van der Waals surface area contributed by atoms with E-state index in [0.29, 0.717) is 17.2 Å². The Hall–Kier alpha value is -3.01. The van der Waals surface area contributed by atoms with Crippen LogP contribution in [0, 0.1) is 6.92 Å². The Labute approximate surface area is 154 Å². The van der Waals surface area contributed by atoms with Gasteiger partial charge in [0.15, 0.2) is 11.5 Å². The molecular formula is C22H23NO3. The van der Waals surface area contributed by atoms with Crippen LogP contribution in [0.15, 0.2) is 59.6 Å². The lowest BCUT2D eigenvalue weighted by Crippen LogP contribution is -2.03. The molecule has 134 valence electrons. The first kappa shape index (κ1) is 17.8. The van der Waals surface area contributed by atoms with Gasteiger partial charge in [0.2, 0.25) is 5.75 Å². The molecule has 0 bridgehead atoms. The summed E-state index contributed by atoms with van der Waals surface area (Å²) in [6.07, 6.45) is 7.87. The summed E-state index contributed by atoms with van der Waals surface area (Å²) in [6, 6.07) is 12.2. The lowest BCUT2D eigenvalue weighted by atomic mass is 9.92. The molecule has 1 unspecified atom stereocenters. The number of hydrogen-bond donors (Lipinski definition) is 0. The molecule has 26 heavy (non-hydrogen) atoms. The van der Waals surface area contributed by atoms with Crippen molar-refractivity contribution in [1.82, 2.24) is 0 Å². The molecule has 4 nitrogen and oxygen atoms in total. The molecule has 0 amide bonds. The number of allylic oxidation sites excluding steroid dienone is 3. The van der Waals surface area contributed by atoms with Crippen LogP contribution in [0.5, 0.6) is 17.2 Å². The van der Waals surface area contributed by atoms with Crippen LogP contribution in [0.4, 0.5) is 0 Å². The number of hydrogen-bond acceptors (Lipinski definition) is 4. The zero-order chi connectivity index (χ0) is 18.5. The molecule has 0 saturated carbocycles. The van der Waals surface area contributed by atoms with Gasteiger partial charge in [-0.25, -0.2) is 0 Å². The minimum Gasteiger partial charge on any atom is -0.493 e. The van der Waals surface area contributed by atoms with E-state index in [0.717, 1.165) is 16.7 Å². The van der Waals surface area contributed by atoms with E-state index in [4.69, 9.17) is 19.2 Å². The number of benzene rings is 2. The van der Waals surface area contributed by atoms with Crippen molar-refractivity contribution in [3.63, 3.8) is 0 Å². The minimum atomic E-state index is -0.165. The fraction of sp³-hybridized carbons (Fsp3) is 0.227. The number of aliphatic imine (C=N–C) groups is 1. The lowest BCUT2D eigenvalue weighted by Gasteiger charge is -2.20. The number of ether oxygens (including phenoxy) is 3. The van der Waals surface area contributed by atoms with Crippen LogP contribution in [0.3, 0.4) is 0 Å². The van der Waals surface area contributed by atoms with Gasteiger partial charge in [-0.05, 0) is 41.8 Å². The summed E-state index contributed by atoms with van der Waals surface area (Å²) in [6.45, 7) is 2.08. The molecule has 0 aromatic heterocycles. The van der Waals surface area contributed by atoms with Crippen LogP contribution in [0.25, 0.3) is 5.57 Å². The van der Waals surface area contributed by atoms with Crippen LogP contribution >= 0.6 is 0 Å². The SMILES string of the molecule is COc1cc(C2N=CC=CC=C2c2ccc(C)cc2)cc(OC)c1OC. The van der Waals surface area contributed by atoms with E-state index in [9.17, 15) is 0 Å². The van der Waals surface area contributed by atoms with Crippen molar-refractivity contribution in [3.8, 4) is 17.2 Å². The topological polar surface area (TPSA) is 40.0 Å². The van der Waals surface area contributed by atoms with Gasteiger partial charge < -0.3 is 14.2 Å². The van der Waals surface area contributed by atoms with Gasteiger partial charge in [0.25, 0.3) is 0 Å². The highest BCUT2D eigenvalue weighted by Gasteiger charge is 2.22. The summed E-state index contributed by atoms with van der Waals surface area (Å²) in [4.78, 5) is 4.75. The minimum absolute atomic E-state index is 0.165. The molecule has 2 aromatic rings. The Morgan fingerprint density at radius 3 is 2.08 bits per heavy atom. The van der Waals surface area contributed by atoms with Gasteiger partial charge in [-0.2, -0.15) is 0 Å². The Morgan fingerprint density at radius 1 is 0.846 bits per heavy atom. The standard InChI is InChI=1S/C22H23NO3/c1-15-8-10-16(11-9-15)18-7-5-6-12-23-21(18)17-13-19(24-2)22(26-4)20(14-17)25-3/h5-14,21H,1-4H3. The van der Waals surface area contributed by atoms with Gasteiger partial charge in [0.1, 0.15) is 6.04 Å². The Balaban J connectivity index is 2.12. The van der Waals surface area contributed by atoms with E-state index in [1.165, 1.54) is 5.56 Å². The molecule has 0 saturated heterocycles. The maximum atomic E-state index is 5.51. The highest BCUT2D eigenvalue weighted by atomic mass is 16.5. The lowest BCUT2D eigenvalue weighted by molar-refractivity contribution is 0.323. The summed E-state index contributed by atoms with van der Waals surface area (Å²) in [5.74, 6) is 1.82. The Bertz CT molecular complexity index is 838. The average Bonchev–Trinajstić information content (AvgIpc) is 2.93. The van der Waals surface area contributed by atoms with E-state index < -0.39 is 0 Å². The highest BCUT2D eigenvalue weighted by Crippen LogP contribution is 2.43. The predicted octanol–water partition coefficient (Wildman–Crippen LogP) is 4.79. The van der Waals surface area contributed by atoms with Crippen LogP contribution in [0.1, 0.15) is 22.7 Å². The van der Waals surface area contributed by atoms with Crippen LogP contribution < -0.4 is 14.2 Å². The fourth-order valence-corrected chi connectivity index (χ4v) is 3.04. The van der Waals surface area contributed by atoms with E-state index in [-0.39, 0.29) is 6.04 Å². The first-order valence-corrected chi connectivity index (χ1v) is 8.45. The maximum absolute atomic E-state index is 5.51. The van der Waals surface area contributed by atoms with E-state index >= 15 is 0 Å². The molecule has 1 aliphatic heterocycles. The third kappa shape index (κ3) is 3.49. The second-order valence-electron chi connectivity index (χ2n) is 6.03. The molecule has 1 atom stereocenters. The Kier molecular flexibility index (Phi) is 5.42. The van der Waals surface area contributed by atoms with Gasteiger partial charge in [0, 0.05) is 6.21 Å². The molecule has 2 aromatic carbocycles. The molecular weight excluding hydrogens is 326 g/mol. The Morgan fingerprint density at radius 2 is 1.50 bits per heavy atom. The zero-order valence-corrected chi connectivity index (χ0v) is 15.5. The van der Waals surface area contributed by atoms with Crippen molar-refractivity contribution in [2.75, 3.05) is 21.3 Å². The van der Waals surface area contributed by atoms with Crippen molar-refractivity contribution >= 4 is 11.8 Å². The number of rotatable bonds is 5. The van der Waals surface area contributed by atoms with Gasteiger partial charge in [-0.15, -0.1) is 0 Å². The first-order chi connectivity index (χ1) is 12.7. The average molecular weight is 349 g/mol. The van der Waals surface area contributed by atoms with Crippen LogP contribution in [-0.4, -0.2) is 27.5 Å². The molecule has 1 heterocycles. The molecule has 0 fully saturated rings. The molecule has 1 aliphatic rings. The molecule has 0 spiro atoms. The molecule has 0 N–H and O–H groups in total. The second-order valence-corrected chi connectivity index (χ2v) is 6.03. The molecule has 0 radical (unpaired) electrons. The van der Waals surface area contributed by atoms with Gasteiger partial charge >= 0.3 is 0 Å². The monoisotopic (exact) mass is 349 g/mol. The summed E-state index contributed by atoms with van der Waals surface area (Å²) in [5.41, 5.74) is 4.46.